The predicted octanol–water partition coefficient (Wildman–Crippen LogP) is 4.50. The maximum Gasteiger partial charge on any atom is 0.306 e. The smallest absolute Gasteiger partial charge is 0.306 e. The first kappa shape index (κ1) is 14.8. The Morgan fingerprint density at radius 1 is 1.05 bits per heavy atom. The first-order chi connectivity index (χ1) is 10.7. The summed E-state index contributed by atoms with van der Waals surface area (Å²) < 4.78 is 0. The van der Waals surface area contributed by atoms with Crippen LogP contribution in [-0.4, -0.2) is 11.1 Å². The number of rotatable bonds is 4. The average Bonchev–Trinajstić information content (AvgIpc) is 2.55. The number of carboxylic acids is 1. The molecule has 0 aromatic heterocycles. The lowest BCUT2D eigenvalue weighted by Crippen LogP contribution is -2.13. The molecule has 0 saturated heterocycles. The molecule has 0 heterocycles. The Morgan fingerprint density at radius 2 is 1.77 bits per heavy atom. The Kier molecular flexibility index (Phi) is 4.28. The number of hydrogen-bond acceptors (Lipinski definition) is 1. The molecule has 1 atom stereocenters. The number of fused-ring (bicyclic) bond motifs is 1. The van der Waals surface area contributed by atoms with E-state index < -0.39 is 5.97 Å². The van der Waals surface area contributed by atoms with Crippen molar-refractivity contribution in [3.63, 3.8) is 0 Å². The van der Waals surface area contributed by atoms with E-state index in [-0.39, 0.29) is 5.92 Å². The molecule has 0 saturated carbocycles. The van der Waals surface area contributed by atoms with E-state index in [1.807, 2.05) is 12.1 Å². The fourth-order valence-electron chi connectivity index (χ4n) is 3.41. The van der Waals surface area contributed by atoms with Crippen molar-refractivity contribution in [2.75, 3.05) is 0 Å². The maximum atomic E-state index is 11.2. The second-order valence-electron chi connectivity index (χ2n) is 6.25. The van der Waals surface area contributed by atoms with Gasteiger partial charge in [-0.3, -0.25) is 4.79 Å². The lowest BCUT2D eigenvalue weighted by Gasteiger charge is -2.21. The van der Waals surface area contributed by atoms with E-state index in [9.17, 15) is 9.90 Å². The van der Waals surface area contributed by atoms with Crippen LogP contribution in [-0.2, 0) is 24.1 Å². The van der Waals surface area contributed by atoms with Crippen LogP contribution < -0.4 is 0 Å². The second-order valence-corrected chi connectivity index (χ2v) is 6.25. The maximum absolute atomic E-state index is 11.2. The number of benzene rings is 2. The minimum atomic E-state index is -0.732. The molecule has 1 unspecified atom stereocenters. The molecule has 0 radical (unpaired) electrons. The summed E-state index contributed by atoms with van der Waals surface area (Å²) in [5.74, 6) is -1.09. The molecule has 0 aliphatic heterocycles. The van der Waals surface area contributed by atoms with Crippen molar-refractivity contribution in [2.45, 2.75) is 39.0 Å². The van der Waals surface area contributed by atoms with Gasteiger partial charge in [0.1, 0.15) is 0 Å². The third kappa shape index (κ3) is 2.92. The topological polar surface area (TPSA) is 37.3 Å². The number of hydrogen-bond donors (Lipinski definition) is 1. The molecule has 2 aromatic rings. The number of aryl methyl sites for hydroxylation is 1. The van der Waals surface area contributed by atoms with Gasteiger partial charge in [0, 0.05) is 0 Å². The highest BCUT2D eigenvalue weighted by molar-refractivity contribution is 5.74. The van der Waals surface area contributed by atoms with Crippen molar-refractivity contribution in [3.8, 4) is 11.1 Å². The van der Waals surface area contributed by atoms with Crippen LogP contribution in [0.2, 0.25) is 0 Å². The fraction of sp³-hybridized carbons (Fsp3) is 0.350. The van der Waals surface area contributed by atoms with Crippen molar-refractivity contribution >= 4 is 5.97 Å². The number of carboxylic acid groups (broad SMARTS) is 1. The van der Waals surface area contributed by atoms with Crippen molar-refractivity contribution < 1.29 is 9.90 Å². The molecule has 3 rings (SSSR count). The van der Waals surface area contributed by atoms with Crippen LogP contribution in [0.4, 0.5) is 0 Å². The minimum Gasteiger partial charge on any atom is -0.481 e. The molecule has 2 heteroatoms. The summed E-state index contributed by atoms with van der Waals surface area (Å²) in [5, 5.41) is 9.20. The van der Waals surface area contributed by atoms with Gasteiger partial charge in [-0.05, 0) is 59.9 Å². The first-order valence-corrected chi connectivity index (χ1v) is 8.08. The Balaban J connectivity index is 2.04. The van der Waals surface area contributed by atoms with Gasteiger partial charge in [0.15, 0.2) is 0 Å². The van der Waals surface area contributed by atoms with E-state index in [0.717, 1.165) is 18.4 Å². The van der Waals surface area contributed by atoms with Gasteiger partial charge in [0.2, 0.25) is 0 Å². The minimum absolute atomic E-state index is 0.360. The molecular formula is C20H22O2. The second kappa shape index (κ2) is 6.35. The molecule has 114 valence electrons. The molecular weight excluding hydrogens is 272 g/mol. The molecule has 22 heavy (non-hydrogen) atoms. The molecule has 2 nitrogen and oxygen atoms in total. The van der Waals surface area contributed by atoms with Gasteiger partial charge >= 0.3 is 5.97 Å². The molecule has 1 N–H and O–H groups in total. The summed E-state index contributed by atoms with van der Waals surface area (Å²) in [4.78, 5) is 11.2. The molecule has 2 aromatic carbocycles. The van der Waals surface area contributed by atoms with Gasteiger partial charge in [0.05, 0.1) is 5.92 Å². The Labute approximate surface area is 131 Å². The third-order valence-electron chi connectivity index (χ3n) is 4.65. The van der Waals surface area contributed by atoms with Crippen LogP contribution in [0, 0.1) is 5.92 Å². The van der Waals surface area contributed by atoms with Crippen LogP contribution in [0.1, 0.15) is 36.5 Å². The molecule has 0 spiro atoms. The fourth-order valence-corrected chi connectivity index (χ4v) is 3.41. The van der Waals surface area contributed by atoms with Gasteiger partial charge in [-0.15, -0.1) is 0 Å². The van der Waals surface area contributed by atoms with Gasteiger partial charge < -0.3 is 5.11 Å². The normalized spacial score (nSPS) is 15.1. The Hall–Kier alpha value is -2.09. The summed E-state index contributed by atoms with van der Waals surface area (Å²) in [6, 6.07) is 14.8. The molecule has 0 bridgehead atoms. The molecule has 0 fully saturated rings. The lowest BCUT2D eigenvalue weighted by molar-refractivity contribution is -0.141. The summed E-state index contributed by atoms with van der Waals surface area (Å²) in [6.45, 7) is 1.78. The van der Waals surface area contributed by atoms with Crippen molar-refractivity contribution in [2.24, 2.45) is 5.92 Å². The van der Waals surface area contributed by atoms with E-state index >= 15 is 0 Å². The first-order valence-electron chi connectivity index (χ1n) is 8.08. The zero-order valence-electron chi connectivity index (χ0n) is 13.0. The van der Waals surface area contributed by atoms with Crippen LogP contribution in [0.15, 0.2) is 42.5 Å². The van der Waals surface area contributed by atoms with Crippen molar-refractivity contribution in [1.82, 2.24) is 0 Å². The summed E-state index contributed by atoms with van der Waals surface area (Å²) in [5.41, 5.74) is 6.56. The Bertz CT molecular complexity index is 688. The number of carbonyl (C=O) groups is 1. The molecule has 1 aliphatic carbocycles. The van der Waals surface area contributed by atoms with Gasteiger partial charge in [-0.2, -0.15) is 0 Å². The van der Waals surface area contributed by atoms with Crippen LogP contribution >= 0.6 is 0 Å². The largest absolute Gasteiger partial charge is 0.481 e. The zero-order chi connectivity index (χ0) is 15.5. The monoisotopic (exact) mass is 294 g/mol. The standard InChI is InChI=1S/C20H22O2/c1-14(20(21)22)13-16-8-3-5-11-18(16)19-12-6-9-15-7-2-4-10-17(15)19/h3,5-6,8-9,11-12,14H,2,4,7,10,13H2,1H3,(H,21,22). The summed E-state index contributed by atoms with van der Waals surface area (Å²) in [6.07, 6.45) is 5.40. The predicted molar refractivity (Wildman–Crippen MR) is 89.0 cm³/mol. The molecule has 0 amide bonds. The highest BCUT2D eigenvalue weighted by Gasteiger charge is 2.18. The van der Waals surface area contributed by atoms with Crippen molar-refractivity contribution in [3.05, 3.63) is 59.2 Å². The lowest BCUT2D eigenvalue weighted by atomic mass is 9.83. The van der Waals surface area contributed by atoms with Gasteiger partial charge in [-0.1, -0.05) is 49.4 Å². The SMILES string of the molecule is CC(Cc1ccccc1-c1cccc2c1CCCC2)C(=O)O. The van der Waals surface area contributed by atoms with Crippen LogP contribution in [0.3, 0.4) is 0 Å². The zero-order valence-corrected chi connectivity index (χ0v) is 13.0. The molecule has 1 aliphatic rings. The van der Waals surface area contributed by atoms with Crippen molar-refractivity contribution in [1.29, 1.82) is 0 Å². The highest BCUT2D eigenvalue weighted by Crippen LogP contribution is 2.34. The van der Waals surface area contributed by atoms with E-state index in [1.54, 1.807) is 6.92 Å². The summed E-state index contributed by atoms with van der Waals surface area (Å²) in [7, 11) is 0. The number of aliphatic carboxylic acids is 1. The van der Waals surface area contributed by atoms with E-state index in [0.29, 0.717) is 6.42 Å². The summed E-state index contributed by atoms with van der Waals surface area (Å²) >= 11 is 0. The van der Waals surface area contributed by atoms with E-state index in [4.69, 9.17) is 0 Å². The third-order valence-corrected chi connectivity index (χ3v) is 4.65. The van der Waals surface area contributed by atoms with Crippen LogP contribution in [0.5, 0.6) is 0 Å². The van der Waals surface area contributed by atoms with E-state index in [1.165, 1.54) is 35.1 Å². The van der Waals surface area contributed by atoms with E-state index in [2.05, 4.69) is 30.3 Å². The highest BCUT2D eigenvalue weighted by atomic mass is 16.4. The average molecular weight is 294 g/mol. The quantitative estimate of drug-likeness (QED) is 0.901. The Morgan fingerprint density at radius 3 is 2.59 bits per heavy atom. The van der Waals surface area contributed by atoms with Gasteiger partial charge in [0.25, 0.3) is 0 Å². The van der Waals surface area contributed by atoms with Gasteiger partial charge in [-0.25, -0.2) is 0 Å². The van der Waals surface area contributed by atoms with Crippen LogP contribution in [0.25, 0.3) is 11.1 Å².